The van der Waals surface area contributed by atoms with Gasteiger partial charge in [0.1, 0.15) is 5.60 Å². The van der Waals surface area contributed by atoms with Gasteiger partial charge in [0.05, 0.1) is 12.7 Å². The van der Waals surface area contributed by atoms with E-state index in [0.717, 1.165) is 44.7 Å². The predicted octanol–water partition coefficient (Wildman–Crippen LogP) is 1.93. The number of ether oxygens (including phenoxy) is 1. The molecule has 0 aliphatic carbocycles. The van der Waals surface area contributed by atoms with Gasteiger partial charge in [0.2, 0.25) is 0 Å². The van der Waals surface area contributed by atoms with E-state index in [4.69, 9.17) is 4.74 Å². The van der Waals surface area contributed by atoms with Gasteiger partial charge in [-0.2, -0.15) is 5.10 Å². The number of aliphatic imine (C=N–C) groups is 1. The topological polar surface area (TPSA) is 83.7 Å². The van der Waals surface area contributed by atoms with Gasteiger partial charge < -0.3 is 20.5 Å². The quantitative estimate of drug-likeness (QED) is 0.489. The first-order chi connectivity index (χ1) is 14.0. The van der Waals surface area contributed by atoms with E-state index in [0.29, 0.717) is 5.96 Å². The monoisotopic (exact) mass is 399 g/mol. The minimum absolute atomic E-state index is 0.0154. The number of hydrogen-bond donors (Lipinski definition) is 3. The first-order valence-corrected chi connectivity index (χ1v) is 10.3. The van der Waals surface area contributed by atoms with Gasteiger partial charge in [-0.3, -0.25) is 4.68 Å². The Bertz CT molecular complexity index is 795. The number of nitrogens with zero attached hydrogens (tertiary/aromatic N) is 3. The van der Waals surface area contributed by atoms with Crippen LogP contribution in [0, 0.1) is 0 Å². The lowest BCUT2D eigenvalue weighted by Crippen LogP contribution is -2.48. The van der Waals surface area contributed by atoms with E-state index >= 15 is 0 Å². The summed E-state index contributed by atoms with van der Waals surface area (Å²) in [6, 6.07) is 10.6. The molecule has 0 spiro atoms. The number of rotatable bonds is 7. The zero-order valence-electron chi connectivity index (χ0n) is 17.7. The van der Waals surface area contributed by atoms with Crippen LogP contribution in [0.5, 0.6) is 0 Å². The fourth-order valence-electron chi connectivity index (χ4n) is 3.74. The van der Waals surface area contributed by atoms with Gasteiger partial charge in [-0.25, -0.2) is 4.99 Å². The highest BCUT2D eigenvalue weighted by Gasteiger charge is 2.34. The summed E-state index contributed by atoms with van der Waals surface area (Å²) in [6.07, 6.45) is 5.44. The third-order valence-electron chi connectivity index (χ3n) is 5.65. The molecule has 2 heterocycles. The maximum atomic E-state index is 10.8. The summed E-state index contributed by atoms with van der Waals surface area (Å²) in [5, 5.41) is 21.8. The molecule has 1 aromatic carbocycles. The van der Waals surface area contributed by atoms with E-state index < -0.39 is 5.60 Å². The molecule has 7 heteroatoms. The number of guanidine groups is 1. The number of hydrogen-bond acceptors (Lipinski definition) is 4. The molecule has 1 saturated heterocycles. The molecule has 7 nitrogen and oxygen atoms in total. The van der Waals surface area contributed by atoms with Crippen molar-refractivity contribution >= 4 is 5.96 Å². The molecule has 1 aromatic heterocycles. The van der Waals surface area contributed by atoms with Crippen molar-refractivity contribution in [2.45, 2.75) is 37.7 Å². The Kier molecular flexibility index (Phi) is 6.92. The fraction of sp³-hybridized carbons (Fsp3) is 0.545. The van der Waals surface area contributed by atoms with E-state index in [-0.39, 0.29) is 12.0 Å². The first-order valence-electron chi connectivity index (χ1n) is 10.3. The highest BCUT2D eigenvalue weighted by molar-refractivity contribution is 5.80. The lowest BCUT2D eigenvalue weighted by atomic mass is 9.74. The van der Waals surface area contributed by atoms with Crippen LogP contribution in [-0.2, 0) is 22.8 Å². The smallest absolute Gasteiger partial charge is 0.191 e. The highest BCUT2D eigenvalue weighted by atomic mass is 16.5. The molecular weight excluding hydrogens is 366 g/mol. The highest BCUT2D eigenvalue weighted by Crippen LogP contribution is 2.34. The van der Waals surface area contributed by atoms with Crippen molar-refractivity contribution in [2.24, 2.45) is 12.0 Å². The van der Waals surface area contributed by atoms with Crippen LogP contribution in [0.15, 0.2) is 47.7 Å². The summed E-state index contributed by atoms with van der Waals surface area (Å²) >= 11 is 0. The van der Waals surface area contributed by atoms with Crippen molar-refractivity contribution in [3.8, 4) is 0 Å². The van der Waals surface area contributed by atoms with Crippen molar-refractivity contribution in [2.75, 3.05) is 32.8 Å². The largest absolute Gasteiger partial charge is 0.383 e. The molecule has 1 fully saturated rings. The summed E-state index contributed by atoms with van der Waals surface area (Å²) in [5.41, 5.74) is 1.02. The van der Waals surface area contributed by atoms with Crippen molar-refractivity contribution < 1.29 is 9.84 Å². The van der Waals surface area contributed by atoms with Gasteiger partial charge in [0, 0.05) is 50.5 Å². The molecule has 29 heavy (non-hydrogen) atoms. The zero-order chi connectivity index (χ0) is 20.7. The van der Waals surface area contributed by atoms with Gasteiger partial charge in [-0.1, -0.05) is 30.3 Å². The number of aliphatic hydroxyl groups is 1. The maximum absolute atomic E-state index is 10.8. The summed E-state index contributed by atoms with van der Waals surface area (Å²) in [6.45, 7) is 7.10. The average molecular weight is 400 g/mol. The minimum atomic E-state index is -1.08. The Morgan fingerprint density at radius 3 is 2.62 bits per heavy atom. The van der Waals surface area contributed by atoms with Gasteiger partial charge in [-0.15, -0.1) is 0 Å². The summed E-state index contributed by atoms with van der Waals surface area (Å²) in [7, 11) is 1.84. The normalized spacial score (nSPS) is 18.8. The van der Waals surface area contributed by atoms with E-state index in [1.165, 1.54) is 5.56 Å². The number of benzene rings is 1. The van der Waals surface area contributed by atoms with Crippen LogP contribution < -0.4 is 10.6 Å². The molecule has 1 atom stereocenters. The predicted molar refractivity (Wildman–Crippen MR) is 115 cm³/mol. The average Bonchev–Trinajstić information content (AvgIpc) is 3.19. The Balaban J connectivity index is 1.72. The molecule has 1 aliphatic rings. The standard InChI is InChI=1S/C22H33N5O2/c1-4-23-20(24-16-21(2,28)19-14-26-27(3)15-19)25-17-22(10-12-29-13-11-22)18-8-6-5-7-9-18/h5-9,14-15,28H,4,10-13,16-17H2,1-3H3,(H2,23,24,25). The van der Waals surface area contributed by atoms with Gasteiger partial charge in [0.15, 0.2) is 5.96 Å². The maximum Gasteiger partial charge on any atom is 0.191 e. The van der Waals surface area contributed by atoms with Crippen LogP contribution in [0.3, 0.4) is 0 Å². The second-order valence-corrected chi connectivity index (χ2v) is 7.98. The van der Waals surface area contributed by atoms with Crippen molar-refractivity contribution in [3.63, 3.8) is 0 Å². The Morgan fingerprint density at radius 2 is 2.00 bits per heavy atom. The Hall–Kier alpha value is -2.38. The van der Waals surface area contributed by atoms with Gasteiger partial charge in [-0.05, 0) is 32.3 Å². The minimum Gasteiger partial charge on any atom is -0.383 e. The molecule has 0 saturated carbocycles. The fourth-order valence-corrected chi connectivity index (χ4v) is 3.74. The summed E-state index contributed by atoms with van der Waals surface area (Å²) in [4.78, 5) is 4.66. The van der Waals surface area contributed by atoms with Crippen molar-refractivity contribution in [3.05, 3.63) is 53.9 Å². The Morgan fingerprint density at radius 1 is 1.28 bits per heavy atom. The lowest BCUT2D eigenvalue weighted by molar-refractivity contribution is 0.0513. The van der Waals surface area contributed by atoms with Crippen LogP contribution in [0.1, 0.15) is 37.8 Å². The molecule has 158 valence electrons. The molecule has 3 rings (SSSR count). The van der Waals surface area contributed by atoms with Crippen LogP contribution in [0.25, 0.3) is 0 Å². The lowest BCUT2D eigenvalue weighted by Gasteiger charge is -2.38. The second kappa shape index (κ2) is 9.41. The number of aryl methyl sites for hydroxylation is 1. The van der Waals surface area contributed by atoms with Crippen molar-refractivity contribution in [1.82, 2.24) is 20.4 Å². The SMILES string of the molecule is CCNC(=NCC(C)(O)c1cnn(C)c1)NCC1(c2ccccc2)CCOCC1. The van der Waals surface area contributed by atoms with E-state index in [1.807, 2.05) is 20.2 Å². The first kappa shape index (κ1) is 21.3. The zero-order valence-corrected chi connectivity index (χ0v) is 17.7. The van der Waals surface area contributed by atoms with Crippen LogP contribution >= 0.6 is 0 Å². The molecule has 0 amide bonds. The summed E-state index contributed by atoms with van der Waals surface area (Å²) in [5.74, 6) is 0.707. The van der Waals surface area contributed by atoms with Crippen molar-refractivity contribution in [1.29, 1.82) is 0 Å². The van der Waals surface area contributed by atoms with Crippen LogP contribution in [0.2, 0.25) is 0 Å². The third kappa shape index (κ3) is 5.36. The Labute approximate surface area is 173 Å². The molecule has 1 aliphatic heterocycles. The summed E-state index contributed by atoms with van der Waals surface area (Å²) < 4.78 is 7.32. The number of aromatic nitrogens is 2. The van der Waals surface area contributed by atoms with E-state index in [2.05, 4.69) is 51.1 Å². The molecule has 0 radical (unpaired) electrons. The molecule has 3 N–H and O–H groups in total. The van der Waals surface area contributed by atoms with Gasteiger partial charge in [0.25, 0.3) is 0 Å². The number of nitrogens with one attached hydrogen (secondary N) is 2. The van der Waals surface area contributed by atoms with Crippen LogP contribution in [-0.4, -0.2) is 53.7 Å². The molecule has 0 bridgehead atoms. The second-order valence-electron chi connectivity index (χ2n) is 7.98. The van der Waals surface area contributed by atoms with Gasteiger partial charge >= 0.3 is 0 Å². The molecular formula is C22H33N5O2. The van der Waals surface area contributed by atoms with E-state index in [1.54, 1.807) is 17.8 Å². The molecule has 2 aromatic rings. The van der Waals surface area contributed by atoms with Crippen LogP contribution in [0.4, 0.5) is 0 Å². The molecule has 1 unspecified atom stereocenters. The third-order valence-corrected chi connectivity index (χ3v) is 5.65. The van der Waals surface area contributed by atoms with E-state index in [9.17, 15) is 5.11 Å².